The lowest BCUT2D eigenvalue weighted by molar-refractivity contribution is 0.0150. The average molecular weight is 508 g/mol. The SMILES string of the molecule is O=P(O)(O)CP(=O)(O)OC[C@@H]1CC[C@H](c2ccc3c(N[C@H]4CCOC4)nc(Cl)nc3c2)O1. The fraction of sp³-hybridized carbons (Fsp3) is 0.556. The molecule has 11 nitrogen and oxygen atoms in total. The highest BCUT2D eigenvalue weighted by molar-refractivity contribution is 7.70. The van der Waals surface area contributed by atoms with Crippen LogP contribution in [0.5, 0.6) is 0 Å². The molecule has 0 aliphatic carbocycles. The van der Waals surface area contributed by atoms with Gasteiger partial charge in [-0.05, 0) is 48.6 Å². The summed E-state index contributed by atoms with van der Waals surface area (Å²) in [5, 5.41) is 4.30. The summed E-state index contributed by atoms with van der Waals surface area (Å²) in [5.41, 5.74) is 1.53. The van der Waals surface area contributed by atoms with Gasteiger partial charge in [-0.1, -0.05) is 6.07 Å². The number of ether oxygens (including phenoxy) is 2. The van der Waals surface area contributed by atoms with E-state index in [9.17, 15) is 14.0 Å². The highest BCUT2D eigenvalue weighted by atomic mass is 35.5. The highest BCUT2D eigenvalue weighted by Gasteiger charge is 2.34. The van der Waals surface area contributed by atoms with Crippen LogP contribution in [0.2, 0.25) is 5.28 Å². The predicted molar refractivity (Wildman–Crippen MR) is 117 cm³/mol. The average Bonchev–Trinajstić information content (AvgIpc) is 3.36. The molecule has 0 amide bonds. The molecule has 2 saturated heterocycles. The van der Waals surface area contributed by atoms with E-state index in [0.29, 0.717) is 37.4 Å². The number of benzene rings is 1. The molecule has 1 unspecified atom stereocenters. The minimum atomic E-state index is -4.66. The summed E-state index contributed by atoms with van der Waals surface area (Å²) in [6.45, 7) is 1.08. The van der Waals surface area contributed by atoms with Crippen LogP contribution in [0.4, 0.5) is 5.82 Å². The predicted octanol–water partition coefficient (Wildman–Crippen LogP) is 3.04. The summed E-state index contributed by atoms with van der Waals surface area (Å²) < 4.78 is 39.0. The molecular weight excluding hydrogens is 484 g/mol. The number of nitrogens with zero attached hydrogens (tertiary/aromatic N) is 2. The molecular formula is C18H24ClN3O8P2. The molecule has 176 valence electrons. The molecule has 14 heteroatoms. The first-order valence-electron chi connectivity index (χ1n) is 10.1. The molecule has 0 bridgehead atoms. The van der Waals surface area contributed by atoms with Gasteiger partial charge in [0.25, 0.3) is 0 Å². The van der Waals surface area contributed by atoms with Gasteiger partial charge in [0.15, 0.2) is 5.90 Å². The van der Waals surface area contributed by atoms with Crippen LogP contribution in [-0.2, 0) is 23.1 Å². The zero-order chi connectivity index (χ0) is 22.9. The van der Waals surface area contributed by atoms with E-state index in [1.807, 2.05) is 18.2 Å². The molecule has 0 radical (unpaired) electrons. The second-order valence-electron chi connectivity index (χ2n) is 7.89. The van der Waals surface area contributed by atoms with Crippen molar-refractivity contribution in [2.24, 2.45) is 0 Å². The molecule has 0 saturated carbocycles. The van der Waals surface area contributed by atoms with Gasteiger partial charge in [0, 0.05) is 12.0 Å². The standard InChI is InChI=1S/C18H24ClN3O8P2/c19-18-21-15-7-11(1-3-14(15)17(22-18)20-12-5-6-28-8-12)16-4-2-13(30-16)9-29-32(26,27)10-31(23,24)25/h1,3,7,12-13,16H,2,4-6,8-10H2,(H,26,27)(H,20,21,22)(H2,23,24,25)/t12-,13-,16+/m0/s1. The quantitative estimate of drug-likeness (QED) is 0.307. The molecule has 3 heterocycles. The largest absolute Gasteiger partial charge is 0.379 e. The van der Waals surface area contributed by atoms with Gasteiger partial charge < -0.3 is 34.0 Å². The summed E-state index contributed by atoms with van der Waals surface area (Å²) in [7, 11) is -9.07. The Morgan fingerprint density at radius 1 is 1.19 bits per heavy atom. The fourth-order valence-corrected chi connectivity index (χ4v) is 6.58. The number of halogens is 1. The molecule has 1 aromatic heterocycles. The topological polar surface area (TPSA) is 160 Å². The van der Waals surface area contributed by atoms with E-state index in [2.05, 4.69) is 15.3 Å². The Morgan fingerprint density at radius 3 is 2.72 bits per heavy atom. The molecule has 2 aliphatic rings. The smallest absolute Gasteiger partial charge is 0.340 e. The lowest BCUT2D eigenvalue weighted by Crippen LogP contribution is -2.20. The second kappa shape index (κ2) is 9.62. The summed E-state index contributed by atoms with van der Waals surface area (Å²) >= 11 is 6.13. The number of anilines is 1. The Hall–Kier alpha value is -1.13. The van der Waals surface area contributed by atoms with Crippen LogP contribution in [-0.4, -0.2) is 62.5 Å². The number of hydrogen-bond donors (Lipinski definition) is 4. The van der Waals surface area contributed by atoms with Crippen molar-refractivity contribution >= 4 is 43.5 Å². The van der Waals surface area contributed by atoms with Gasteiger partial charge in [0.1, 0.15) is 5.82 Å². The summed E-state index contributed by atoms with van der Waals surface area (Å²) in [6, 6.07) is 5.84. The molecule has 4 N–H and O–H groups in total. The lowest BCUT2D eigenvalue weighted by Gasteiger charge is -2.18. The van der Waals surface area contributed by atoms with Crippen molar-refractivity contribution in [2.75, 3.05) is 31.0 Å². The highest BCUT2D eigenvalue weighted by Crippen LogP contribution is 2.55. The second-order valence-corrected chi connectivity index (χ2v) is 12.2. The van der Waals surface area contributed by atoms with E-state index in [-0.39, 0.29) is 24.0 Å². The molecule has 2 aliphatic heterocycles. The summed E-state index contributed by atoms with van der Waals surface area (Å²) in [4.78, 5) is 36.0. The maximum Gasteiger partial charge on any atom is 0.340 e. The molecule has 1 aromatic carbocycles. The molecule has 4 atom stereocenters. The van der Waals surface area contributed by atoms with Gasteiger partial charge in [0.2, 0.25) is 5.28 Å². The zero-order valence-electron chi connectivity index (χ0n) is 17.0. The normalized spacial score (nSPS) is 25.8. The van der Waals surface area contributed by atoms with Crippen LogP contribution >= 0.6 is 26.8 Å². The Balaban J connectivity index is 1.43. The van der Waals surface area contributed by atoms with Crippen LogP contribution in [0.15, 0.2) is 18.2 Å². The Labute approximate surface area is 189 Å². The van der Waals surface area contributed by atoms with Crippen LogP contribution < -0.4 is 5.32 Å². The van der Waals surface area contributed by atoms with Crippen molar-refractivity contribution in [1.29, 1.82) is 0 Å². The van der Waals surface area contributed by atoms with E-state index in [1.165, 1.54) is 0 Å². The first-order chi connectivity index (χ1) is 15.1. The first kappa shape index (κ1) is 24.0. The van der Waals surface area contributed by atoms with Crippen molar-refractivity contribution in [3.63, 3.8) is 0 Å². The zero-order valence-corrected chi connectivity index (χ0v) is 19.5. The summed E-state index contributed by atoms with van der Waals surface area (Å²) in [6.07, 6.45) is 1.35. The minimum absolute atomic E-state index is 0.124. The van der Waals surface area contributed by atoms with Gasteiger partial charge in [-0.3, -0.25) is 9.13 Å². The lowest BCUT2D eigenvalue weighted by atomic mass is 10.0. The van der Waals surface area contributed by atoms with Gasteiger partial charge in [-0.15, -0.1) is 0 Å². The van der Waals surface area contributed by atoms with Crippen molar-refractivity contribution in [1.82, 2.24) is 9.97 Å². The van der Waals surface area contributed by atoms with Gasteiger partial charge in [0.05, 0.1) is 37.0 Å². The number of rotatable bonds is 8. The third-order valence-electron chi connectivity index (χ3n) is 5.27. The van der Waals surface area contributed by atoms with E-state index in [1.54, 1.807) is 0 Å². The Kier molecular flexibility index (Phi) is 7.22. The monoisotopic (exact) mass is 507 g/mol. The molecule has 4 rings (SSSR count). The maximum absolute atomic E-state index is 11.8. The third kappa shape index (κ3) is 6.26. The number of hydrogen-bond acceptors (Lipinski definition) is 8. The van der Waals surface area contributed by atoms with Gasteiger partial charge in [-0.2, -0.15) is 0 Å². The van der Waals surface area contributed by atoms with Crippen molar-refractivity contribution in [3.05, 3.63) is 29.0 Å². The van der Waals surface area contributed by atoms with Crippen molar-refractivity contribution < 1.29 is 37.8 Å². The van der Waals surface area contributed by atoms with Crippen LogP contribution in [0.3, 0.4) is 0 Å². The number of aromatic nitrogens is 2. The minimum Gasteiger partial charge on any atom is -0.379 e. The molecule has 0 spiro atoms. The van der Waals surface area contributed by atoms with E-state index in [4.69, 9.17) is 35.4 Å². The molecule has 2 aromatic rings. The molecule has 2 fully saturated rings. The van der Waals surface area contributed by atoms with E-state index >= 15 is 0 Å². The van der Waals surface area contributed by atoms with E-state index < -0.39 is 27.2 Å². The van der Waals surface area contributed by atoms with Gasteiger partial charge >= 0.3 is 15.2 Å². The maximum atomic E-state index is 11.8. The van der Waals surface area contributed by atoms with Crippen molar-refractivity contribution in [2.45, 2.75) is 37.5 Å². The van der Waals surface area contributed by atoms with E-state index in [0.717, 1.165) is 17.4 Å². The molecule has 32 heavy (non-hydrogen) atoms. The summed E-state index contributed by atoms with van der Waals surface area (Å²) in [5.74, 6) is -0.575. The van der Waals surface area contributed by atoms with Crippen LogP contribution in [0.1, 0.15) is 30.9 Å². The van der Waals surface area contributed by atoms with Crippen molar-refractivity contribution in [3.8, 4) is 0 Å². The first-order valence-corrected chi connectivity index (χ1v) is 14.0. The third-order valence-corrected chi connectivity index (χ3v) is 8.89. The Bertz CT molecular complexity index is 1080. The van der Waals surface area contributed by atoms with Crippen LogP contribution in [0.25, 0.3) is 10.9 Å². The fourth-order valence-electron chi connectivity index (χ4n) is 3.82. The number of fused-ring (bicyclic) bond motifs is 1. The van der Waals surface area contributed by atoms with Crippen LogP contribution in [0, 0.1) is 0 Å². The number of nitrogens with one attached hydrogen (secondary N) is 1. The van der Waals surface area contributed by atoms with Gasteiger partial charge in [-0.25, -0.2) is 9.97 Å². The Morgan fingerprint density at radius 2 is 2.00 bits per heavy atom.